The van der Waals surface area contributed by atoms with Crippen molar-refractivity contribution < 1.29 is 14.3 Å². The summed E-state index contributed by atoms with van der Waals surface area (Å²) < 4.78 is 14.1. The fourth-order valence-electron chi connectivity index (χ4n) is 4.96. The van der Waals surface area contributed by atoms with E-state index in [2.05, 4.69) is 36.4 Å². The molecule has 4 aromatic rings. The number of phenolic OH excluding ortho intramolecular Hbond substituents is 1. The van der Waals surface area contributed by atoms with Gasteiger partial charge in [0.15, 0.2) is 17.2 Å². The molecule has 0 bridgehead atoms. The molecule has 1 amide bonds. The fraction of sp³-hybridized carbons (Fsp3) is 0.107. The van der Waals surface area contributed by atoms with Gasteiger partial charge in [-0.15, -0.1) is 0 Å². The Morgan fingerprint density at radius 1 is 0.727 bits per heavy atom. The van der Waals surface area contributed by atoms with Crippen LogP contribution in [0.2, 0.25) is 0 Å². The molecule has 33 heavy (non-hydrogen) atoms. The first-order valence-electron chi connectivity index (χ1n) is 11.0. The van der Waals surface area contributed by atoms with Crippen molar-refractivity contribution in [1.82, 2.24) is 0 Å². The lowest BCUT2D eigenvalue weighted by Crippen LogP contribution is -2.42. The highest BCUT2D eigenvalue weighted by Gasteiger charge is 2.58. The number of para-hydroxylation sites is 1. The minimum Gasteiger partial charge on any atom is -0.503 e. The van der Waals surface area contributed by atoms with E-state index < -0.39 is 18.8 Å². The summed E-state index contributed by atoms with van der Waals surface area (Å²) in [6, 6.07) is 35.1. The maximum Gasteiger partial charge on any atom is 0.269 e. The Morgan fingerprint density at radius 2 is 1.21 bits per heavy atom. The lowest BCUT2D eigenvalue weighted by Gasteiger charge is -2.32. The molecular weight excluding hydrogens is 432 g/mol. The molecule has 1 aliphatic heterocycles. The Hall–Kier alpha value is -3.49. The number of nitrogens with zero attached hydrogens (tertiary/aromatic N) is 1. The van der Waals surface area contributed by atoms with Crippen molar-refractivity contribution in [1.29, 1.82) is 0 Å². The number of carbonyl (C=O) groups excluding carboxylic acids is 1. The molecule has 1 atom stereocenters. The largest absolute Gasteiger partial charge is 0.503 e. The Morgan fingerprint density at radius 3 is 1.70 bits per heavy atom. The average Bonchev–Trinajstić information content (AvgIpc) is 3.25. The highest BCUT2D eigenvalue weighted by Crippen LogP contribution is 2.62. The van der Waals surface area contributed by atoms with Crippen LogP contribution in [0.4, 0.5) is 10.1 Å². The summed E-state index contributed by atoms with van der Waals surface area (Å²) in [6.45, 7) is 0.425. The number of amides is 1. The van der Waals surface area contributed by atoms with Crippen LogP contribution < -0.4 is 20.8 Å². The summed E-state index contributed by atoms with van der Waals surface area (Å²) in [4.78, 5) is 15.6. The molecule has 0 saturated carbocycles. The summed E-state index contributed by atoms with van der Waals surface area (Å²) in [5, 5.41) is 13.7. The normalized spacial score (nSPS) is 16.2. The van der Waals surface area contributed by atoms with Gasteiger partial charge in [0.1, 0.15) is 23.2 Å². The first-order chi connectivity index (χ1) is 16.1. The van der Waals surface area contributed by atoms with Crippen molar-refractivity contribution in [2.45, 2.75) is 12.1 Å². The van der Waals surface area contributed by atoms with Crippen molar-refractivity contribution in [3.8, 4) is 5.75 Å². The topological polar surface area (TPSA) is 40.5 Å². The van der Waals surface area contributed by atoms with Crippen molar-refractivity contribution in [3.63, 3.8) is 0 Å². The third-order valence-electron chi connectivity index (χ3n) is 6.39. The lowest BCUT2D eigenvalue weighted by atomic mass is 10.2. The number of halogens is 1. The average molecular weight is 456 g/mol. The van der Waals surface area contributed by atoms with Crippen LogP contribution in [0.25, 0.3) is 0 Å². The molecule has 1 unspecified atom stereocenters. The van der Waals surface area contributed by atoms with E-state index in [9.17, 15) is 14.3 Å². The third-order valence-corrected chi connectivity index (χ3v) is 11.1. The van der Waals surface area contributed by atoms with Gasteiger partial charge >= 0.3 is 0 Å². The van der Waals surface area contributed by atoms with E-state index in [0.717, 1.165) is 15.9 Å². The Balaban J connectivity index is 1.74. The molecule has 1 heterocycles. The highest BCUT2D eigenvalue weighted by atomic mass is 31.2. The summed E-state index contributed by atoms with van der Waals surface area (Å²) in [6.07, 6.45) is 0.612. The molecular formula is C28H24FNO2P+. The maximum absolute atomic E-state index is 14.1. The van der Waals surface area contributed by atoms with Gasteiger partial charge in [-0.3, -0.25) is 4.79 Å². The summed E-state index contributed by atoms with van der Waals surface area (Å²) >= 11 is 0. The molecule has 5 rings (SSSR count). The monoisotopic (exact) mass is 456 g/mol. The van der Waals surface area contributed by atoms with Gasteiger partial charge in [0, 0.05) is 13.0 Å². The van der Waals surface area contributed by atoms with Crippen LogP contribution in [0.1, 0.15) is 6.42 Å². The van der Waals surface area contributed by atoms with Crippen LogP contribution in [0.3, 0.4) is 0 Å². The first-order valence-corrected chi connectivity index (χ1v) is 12.8. The second kappa shape index (κ2) is 8.80. The van der Waals surface area contributed by atoms with E-state index in [4.69, 9.17) is 0 Å². The van der Waals surface area contributed by atoms with E-state index in [-0.39, 0.29) is 17.3 Å². The van der Waals surface area contributed by atoms with E-state index in [1.54, 1.807) is 11.0 Å². The Kier molecular flexibility index (Phi) is 5.70. The Labute approximate surface area is 193 Å². The molecule has 1 N–H and O–H groups in total. The molecule has 0 aliphatic carbocycles. The van der Waals surface area contributed by atoms with E-state index >= 15 is 0 Å². The van der Waals surface area contributed by atoms with Crippen LogP contribution in [-0.2, 0) is 4.79 Å². The number of hydrogen-bond acceptors (Lipinski definition) is 2. The minimum absolute atomic E-state index is 0.0826. The van der Waals surface area contributed by atoms with Crippen LogP contribution in [-0.4, -0.2) is 23.2 Å². The molecule has 1 saturated heterocycles. The molecule has 0 spiro atoms. The van der Waals surface area contributed by atoms with Crippen LogP contribution in [0.15, 0.2) is 109 Å². The van der Waals surface area contributed by atoms with E-state index in [1.165, 1.54) is 12.1 Å². The number of benzene rings is 4. The van der Waals surface area contributed by atoms with Gasteiger partial charge < -0.3 is 10.0 Å². The highest BCUT2D eigenvalue weighted by molar-refractivity contribution is 7.97. The SMILES string of the molecule is O=C1C([P+](c2ccccc2)(c2ccccc2)c2ccccc2)CCN1c1cccc(F)c1O. The minimum atomic E-state index is -2.41. The van der Waals surface area contributed by atoms with Gasteiger partial charge in [0.25, 0.3) is 5.91 Å². The number of hydrogen-bond donors (Lipinski definition) is 1. The van der Waals surface area contributed by atoms with Gasteiger partial charge in [-0.25, -0.2) is 4.39 Å². The molecule has 5 heteroatoms. The summed E-state index contributed by atoms with van der Waals surface area (Å²) in [5.41, 5.74) is -0.0952. The van der Waals surface area contributed by atoms with Gasteiger partial charge in [-0.05, 0) is 48.5 Å². The molecule has 4 aromatic carbocycles. The molecule has 164 valence electrons. The molecule has 0 aromatic heterocycles. The predicted molar refractivity (Wildman–Crippen MR) is 134 cm³/mol. The van der Waals surface area contributed by atoms with Crippen molar-refractivity contribution >= 4 is 34.8 Å². The molecule has 1 fully saturated rings. The second-order valence-corrected chi connectivity index (χ2v) is 11.7. The predicted octanol–water partition coefficient (Wildman–Crippen LogP) is 4.63. The third kappa shape index (κ3) is 3.51. The standard InChI is InChI=1S/C28H23FNO2P/c29-24-17-10-18-25(27(24)31)30-20-19-26(28(30)32)33(21-11-4-1-5-12-21,22-13-6-2-7-14-22)23-15-8-3-9-16-23/h1-18,26H,19-20H2/p+1. The van der Waals surface area contributed by atoms with E-state index in [0.29, 0.717) is 13.0 Å². The quantitative estimate of drug-likeness (QED) is 0.445. The van der Waals surface area contributed by atoms with Gasteiger partial charge in [-0.1, -0.05) is 60.7 Å². The number of anilines is 1. The van der Waals surface area contributed by atoms with Crippen LogP contribution in [0.5, 0.6) is 5.75 Å². The first kappa shape index (κ1) is 21.4. The Bertz CT molecular complexity index is 1170. The number of phenols is 1. The van der Waals surface area contributed by atoms with Crippen molar-refractivity contribution in [2.75, 3.05) is 11.4 Å². The zero-order valence-electron chi connectivity index (χ0n) is 18.0. The number of carbonyl (C=O) groups is 1. The van der Waals surface area contributed by atoms with Crippen LogP contribution in [0, 0.1) is 5.82 Å². The lowest BCUT2D eigenvalue weighted by molar-refractivity contribution is -0.116. The van der Waals surface area contributed by atoms with Gasteiger partial charge in [-0.2, -0.15) is 0 Å². The molecule has 0 radical (unpaired) electrons. The number of aromatic hydroxyl groups is 1. The van der Waals surface area contributed by atoms with Crippen molar-refractivity contribution in [3.05, 3.63) is 115 Å². The second-order valence-electron chi connectivity index (χ2n) is 8.13. The van der Waals surface area contributed by atoms with Gasteiger partial charge in [0.05, 0.1) is 5.69 Å². The molecule has 1 aliphatic rings. The molecule has 3 nitrogen and oxygen atoms in total. The number of rotatable bonds is 5. The maximum atomic E-state index is 14.1. The van der Waals surface area contributed by atoms with Crippen LogP contribution >= 0.6 is 7.26 Å². The summed E-state index contributed by atoms with van der Waals surface area (Å²) in [5.74, 6) is -1.28. The zero-order valence-corrected chi connectivity index (χ0v) is 18.9. The summed E-state index contributed by atoms with van der Waals surface area (Å²) in [7, 11) is -2.41. The smallest absolute Gasteiger partial charge is 0.269 e. The zero-order chi connectivity index (χ0) is 22.8. The van der Waals surface area contributed by atoms with Crippen molar-refractivity contribution in [2.24, 2.45) is 0 Å². The van der Waals surface area contributed by atoms with E-state index in [1.807, 2.05) is 54.6 Å². The van der Waals surface area contributed by atoms with Gasteiger partial charge in [0.2, 0.25) is 0 Å². The fourth-order valence-corrected chi connectivity index (χ4v) is 9.84.